The molecule has 4 nitrogen and oxygen atoms in total. The molecule has 5 aromatic carbocycles. The minimum Gasteiger partial charge on any atom is -0.503 e. The van der Waals surface area contributed by atoms with Gasteiger partial charge in [0, 0.05) is 44.0 Å². The molecule has 9 rings (SSSR count). The van der Waals surface area contributed by atoms with Crippen LogP contribution in [0.1, 0.15) is 5.56 Å². The molecule has 2 aliphatic heterocycles. The van der Waals surface area contributed by atoms with Crippen molar-refractivity contribution in [2.75, 3.05) is 0 Å². The van der Waals surface area contributed by atoms with Gasteiger partial charge in [-0.3, -0.25) is 0 Å². The van der Waals surface area contributed by atoms with Gasteiger partial charge in [-0.05, 0) is 57.7 Å². The molecule has 217 valence electrons. The van der Waals surface area contributed by atoms with Crippen molar-refractivity contribution < 1.29 is 29.6 Å². The van der Waals surface area contributed by atoms with Crippen molar-refractivity contribution in [3.05, 3.63) is 151 Å². The maximum atomic E-state index is 6.49. The van der Waals surface area contributed by atoms with Crippen molar-refractivity contribution in [1.82, 2.24) is 9.97 Å². The van der Waals surface area contributed by atoms with E-state index in [2.05, 4.69) is 65.6 Å². The minimum atomic E-state index is 0. The molecule has 0 saturated carbocycles. The molecule has 0 bridgehead atoms. The van der Waals surface area contributed by atoms with Crippen LogP contribution in [-0.2, 0) is 20.1 Å². The minimum absolute atomic E-state index is 0. The molecular weight excluding hydrogens is 731 g/mol. The maximum Gasteiger partial charge on any atom is 0.239 e. The number of benzene rings is 5. The van der Waals surface area contributed by atoms with E-state index in [1.807, 2.05) is 92.1 Å². The van der Waals surface area contributed by atoms with Crippen LogP contribution in [0.15, 0.2) is 134 Å². The SMILES string of the molecule is Cc1ccc(-c2[c-]cccc2)nc1.[Ir].[c-]1cc2c3c(c1-c1cc4ccccc4cn1)Oc1ccccc1B3c1ccccc1O2. The largest absolute Gasteiger partial charge is 0.503 e. The fraction of sp³-hybridized carbons (Fsp3) is 0.0256. The molecule has 0 aliphatic carbocycles. The van der Waals surface area contributed by atoms with Crippen LogP contribution >= 0.6 is 0 Å². The van der Waals surface area contributed by atoms with E-state index < -0.39 is 0 Å². The number of hydrogen-bond acceptors (Lipinski definition) is 4. The van der Waals surface area contributed by atoms with Gasteiger partial charge in [-0.25, -0.2) is 0 Å². The predicted molar refractivity (Wildman–Crippen MR) is 177 cm³/mol. The molecule has 2 aromatic heterocycles. The summed E-state index contributed by atoms with van der Waals surface area (Å²) in [6, 6.07) is 47.2. The summed E-state index contributed by atoms with van der Waals surface area (Å²) in [5, 5.41) is 2.25. The third-order valence-corrected chi connectivity index (χ3v) is 8.05. The molecule has 0 saturated heterocycles. The molecule has 0 unspecified atom stereocenters. The number of ether oxygens (including phenoxy) is 2. The predicted octanol–water partition coefficient (Wildman–Crippen LogP) is 7.28. The number of hydrogen-bond donors (Lipinski definition) is 0. The van der Waals surface area contributed by atoms with Crippen molar-refractivity contribution in [3.63, 3.8) is 0 Å². The van der Waals surface area contributed by atoms with Gasteiger partial charge in [-0.1, -0.05) is 89.9 Å². The Morgan fingerprint density at radius 1 is 0.622 bits per heavy atom. The first-order chi connectivity index (χ1) is 21.7. The summed E-state index contributed by atoms with van der Waals surface area (Å²) in [6.45, 7) is 2.08. The first-order valence-corrected chi connectivity index (χ1v) is 14.6. The Balaban J connectivity index is 0.000000196. The second kappa shape index (κ2) is 12.2. The summed E-state index contributed by atoms with van der Waals surface area (Å²) in [5.74, 6) is 3.31. The van der Waals surface area contributed by atoms with Gasteiger partial charge in [0.25, 0.3) is 0 Å². The topological polar surface area (TPSA) is 44.2 Å². The number of aryl methyl sites for hydroxylation is 1. The molecule has 2 aliphatic rings. The number of para-hydroxylation sites is 2. The summed E-state index contributed by atoms with van der Waals surface area (Å²) in [4.78, 5) is 9.05. The van der Waals surface area contributed by atoms with Crippen molar-refractivity contribution in [2.24, 2.45) is 0 Å². The monoisotopic (exact) mass is 757 g/mol. The van der Waals surface area contributed by atoms with E-state index in [1.54, 1.807) is 0 Å². The molecule has 1 radical (unpaired) electrons. The fourth-order valence-electron chi connectivity index (χ4n) is 5.91. The number of rotatable bonds is 2. The zero-order chi connectivity index (χ0) is 29.5. The number of aromatic nitrogens is 2. The second-order valence-electron chi connectivity index (χ2n) is 10.9. The summed E-state index contributed by atoms with van der Waals surface area (Å²) in [5.41, 5.74) is 8.24. The second-order valence-corrected chi connectivity index (χ2v) is 10.9. The Kier molecular flexibility index (Phi) is 7.77. The van der Waals surface area contributed by atoms with Gasteiger partial charge >= 0.3 is 0 Å². The number of nitrogens with zero attached hydrogens (tertiary/aromatic N) is 2. The van der Waals surface area contributed by atoms with E-state index in [1.165, 1.54) is 5.56 Å². The molecule has 6 heteroatoms. The Labute approximate surface area is 276 Å². The smallest absolute Gasteiger partial charge is 0.239 e. The molecular formula is C39H25BIrN2O2-2. The summed E-state index contributed by atoms with van der Waals surface area (Å²) in [7, 11) is 0. The van der Waals surface area contributed by atoms with Gasteiger partial charge in [0.2, 0.25) is 6.71 Å². The van der Waals surface area contributed by atoms with Crippen LogP contribution in [0.3, 0.4) is 0 Å². The van der Waals surface area contributed by atoms with Crippen LogP contribution in [0.25, 0.3) is 33.3 Å². The Hall–Kier alpha value is -5.03. The summed E-state index contributed by atoms with van der Waals surface area (Å²) >= 11 is 0. The molecule has 0 spiro atoms. The first-order valence-electron chi connectivity index (χ1n) is 14.6. The molecule has 45 heavy (non-hydrogen) atoms. The Morgan fingerprint density at radius 3 is 2.04 bits per heavy atom. The van der Waals surface area contributed by atoms with Crippen LogP contribution < -0.4 is 25.9 Å². The zero-order valence-corrected chi connectivity index (χ0v) is 26.7. The van der Waals surface area contributed by atoms with Gasteiger partial charge in [0.1, 0.15) is 11.5 Å². The van der Waals surface area contributed by atoms with E-state index in [4.69, 9.17) is 14.5 Å². The number of pyridine rings is 2. The van der Waals surface area contributed by atoms with Gasteiger partial charge in [-0.2, -0.15) is 0 Å². The molecule has 7 aromatic rings. The van der Waals surface area contributed by atoms with Crippen LogP contribution in [0.2, 0.25) is 0 Å². The Bertz CT molecular complexity index is 2140. The van der Waals surface area contributed by atoms with Gasteiger partial charge < -0.3 is 19.4 Å². The van der Waals surface area contributed by atoms with Gasteiger partial charge in [-0.15, -0.1) is 48.0 Å². The van der Waals surface area contributed by atoms with E-state index in [9.17, 15) is 0 Å². The first kappa shape index (κ1) is 28.7. The third-order valence-electron chi connectivity index (χ3n) is 8.05. The molecule has 0 atom stereocenters. The molecule has 0 fully saturated rings. The van der Waals surface area contributed by atoms with E-state index in [0.29, 0.717) is 0 Å². The van der Waals surface area contributed by atoms with Crippen LogP contribution in [0.4, 0.5) is 0 Å². The summed E-state index contributed by atoms with van der Waals surface area (Å²) in [6.07, 6.45) is 3.78. The molecule has 0 N–H and O–H groups in total. The summed E-state index contributed by atoms with van der Waals surface area (Å²) < 4.78 is 12.8. The van der Waals surface area contributed by atoms with E-state index >= 15 is 0 Å². The van der Waals surface area contributed by atoms with E-state index in [-0.39, 0.29) is 26.8 Å². The van der Waals surface area contributed by atoms with Crippen molar-refractivity contribution >= 4 is 33.9 Å². The van der Waals surface area contributed by atoms with Crippen LogP contribution in [0.5, 0.6) is 23.0 Å². The van der Waals surface area contributed by atoms with E-state index in [0.717, 1.165) is 72.7 Å². The standard InChI is InChI=1S/C27H15BNO2.C12H10N.Ir/c1-2-8-18-16-29-22(15-17(18)7-1)19-13-14-25-26-27(19)31-24-12-6-4-10-21(24)28(26)20-9-3-5-11-23(20)30-25;1-10-7-8-12(13-9-10)11-5-3-2-4-6-11;/h1-12,14-16H;2-5,7-9H,1H3;/q2*-1;. The molecule has 0 amide bonds. The third kappa shape index (κ3) is 5.33. The molecule has 4 heterocycles. The fourth-order valence-corrected chi connectivity index (χ4v) is 5.91. The van der Waals surface area contributed by atoms with Crippen molar-refractivity contribution in [2.45, 2.75) is 6.92 Å². The van der Waals surface area contributed by atoms with Crippen LogP contribution in [-0.4, -0.2) is 16.7 Å². The van der Waals surface area contributed by atoms with Crippen molar-refractivity contribution in [3.8, 4) is 45.5 Å². The van der Waals surface area contributed by atoms with Crippen LogP contribution in [0, 0.1) is 19.1 Å². The Morgan fingerprint density at radius 2 is 1.31 bits per heavy atom. The average Bonchev–Trinajstić information content (AvgIpc) is 3.09. The van der Waals surface area contributed by atoms with Gasteiger partial charge in [0.05, 0.1) is 0 Å². The normalized spacial score (nSPS) is 11.8. The quantitative estimate of drug-likeness (QED) is 0.138. The zero-order valence-electron chi connectivity index (χ0n) is 24.3. The van der Waals surface area contributed by atoms with Gasteiger partial charge in [0.15, 0.2) is 0 Å². The number of fused-ring (bicyclic) bond motifs is 5. The van der Waals surface area contributed by atoms with Crippen molar-refractivity contribution in [1.29, 1.82) is 0 Å². The maximum absolute atomic E-state index is 6.49. The average molecular weight is 757 g/mol.